The Morgan fingerprint density at radius 3 is 1.66 bits per heavy atom. The first-order valence-corrected chi connectivity index (χ1v) is 10.8. The van der Waals surface area contributed by atoms with Gasteiger partial charge in [0.1, 0.15) is 18.1 Å². The molecule has 0 saturated carbocycles. The van der Waals surface area contributed by atoms with Gasteiger partial charge >= 0.3 is 5.97 Å². The van der Waals surface area contributed by atoms with Gasteiger partial charge in [-0.15, -0.1) is 0 Å². The van der Waals surface area contributed by atoms with Crippen molar-refractivity contribution in [3.05, 3.63) is 0 Å². The molecule has 0 aromatic carbocycles. The molecule has 0 bridgehead atoms. The van der Waals surface area contributed by atoms with Gasteiger partial charge in [-0.2, -0.15) is 0 Å². The van der Waals surface area contributed by atoms with Crippen molar-refractivity contribution in [1.82, 2.24) is 16.0 Å². The van der Waals surface area contributed by atoms with Gasteiger partial charge in [0.2, 0.25) is 23.6 Å². The van der Waals surface area contributed by atoms with Gasteiger partial charge in [0.05, 0.1) is 12.5 Å². The Morgan fingerprint density at radius 1 is 0.750 bits per heavy atom. The van der Waals surface area contributed by atoms with Crippen molar-refractivity contribution in [1.29, 1.82) is 0 Å². The maximum atomic E-state index is 12.9. The first-order chi connectivity index (χ1) is 14.6. The highest BCUT2D eigenvalue weighted by Crippen LogP contribution is 2.10. The Morgan fingerprint density at radius 2 is 1.25 bits per heavy atom. The van der Waals surface area contributed by atoms with Crippen molar-refractivity contribution in [2.75, 3.05) is 0 Å². The lowest BCUT2D eigenvalue weighted by molar-refractivity contribution is -0.144. The molecule has 11 nitrogen and oxygen atoms in total. The van der Waals surface area contributed by atoms with Gasteiger partial charge in [0.15, 0.2) is 0 Å². The largest absolute Gasteiger partial charge is 0.480 e. The minimum Gasteiger partial charge on any atom is -0.480 e. The van der Waals surface area contributed by atoms with E-state index in [4.69, 9.17) is 11.5 Å². The number of hydrogen-bond acceptors (Lipinski definition) is 6. The summed E-state index contributed by atoms with van der Waals surface area (Å²) in [4.78, 5) is 60.5. The summed E-state index contributed by atoms with van der Waals surface area (Å²) in [6, 6.07) is -4.30. The van der Waals surface area contributed by atoms with Gasteiger partial charge in [0, 0.05) is 0 Å². The molecule has 0 rings (SSSR count). The molecule has 0 saturated heterocycles. The average Bonchev–Trinajstić information content (AvgIpc) is 2.62. The van der Waals surface area contributed by atoms with E-state index in [1.165, 1.54) is 0 Å². The van der Waals surface area contributed by atoms with Crippen LogP contribution in [0.1, 0.15) is 60.8 Å². The Bertz CT molecular complexity index is 680. The van der Waals surface area contributed by atoms with Crippen LogP contribution < -0.4 is 27.4 Å². The molecule has 0 aromatic heterocycles. The van der Waals surface area contributed by atoms with E-state index in [2.05, 4.69) is 16.0 Å². The number of carboxylic acids is 1. The van der Waals surface area contributed by atoms with Crippen LogP contribution >= 0.6 is 0 Å². The van der Waals surface area contributed by atoms with Gasteiger partial charge in [-0.05, 0) is 30.6 Å². The van der Waals surface area contributed by atoms with Crippen LogP contribution in [0.15, 0.2) is 0 Å². The number of carbonyl (C=O) groups is 5. The SMILES string of the molecule is CC(C)CC(N)C(=O)NC(C(=O)NC(CC(C)C)C(=O)NC(CC(N)=O)C(=O)O)C(C)C. The molecule has 0 aromatic rings. The summed E-state index contributed by atoms with van der Waals surface area (Å²) >= 11 is 0. The highest BCUT2D eigenvalue weighted by molar-refractivity contribution is 5.95. The Hall–Kier alpha value is -2.69. The molecule has 0 spiro atoms. The van der Waals surface area contributed by atoms with Crippen molar-refractivity contribution in [2.45, 2.75) is 85.0 Å². The summed E-state index contributed by atoms with van der Waals surface area (Å²) in [6.07, 6.45) is 0.0844. The standard InChI is InChI=1S/C21H39N5O6/c1-10(2)7-13(22)18(28)26-17(12(5)6)20(30)24-14(8-11(3)4)19(29)25-15(21(31)32)9-16(23)27/h10-15,17H,7-9,22H2,1-6H3,(H2,23,27)(H,24,30)(H,25,29)(H,26,28)(H,31,32). The van der Waals surface area contributed by atoms with Gasteiger partial charge in [-0.25, -0.2) is 4.79 Å². The van der Waals surface area contributed by atoms with Crippen LogP contribution in [0.5, 0.6) is 0 Å². The summed E-state index contributed by atoms with van der Waals surface area (Å²) < 4.78 is 0. The van der Waals surface area contributed by atoms with Gasteiger partial charge in [-0.3, -0.25) is 19.2 Å². The number of primary amides is 1. The van der Waals surface area contributed by atoms with E-state index in [1.54, 1.807) is 13.8 Å². The highest BCUT2D eigenvalue weighted by atomic mass is 16.4. The molecule has 0 aliphatic rings. The molecule has 32 heavy (non-hydrogen) atoms. The molecule has 4 atom stereocenters. The van der Waals surface area contributed by atoms with Crippen LogP contribution in [-0.4, -0.2) is 58.9 Å². The van der Waals surface area contributed by atoms with Crippen molar-refractivity contribution < 1.29 is 29.1 Å². The summed E-state index contributed by atoms with van der Waals surface area (Å²) in [5, 5.41) is 16.7. The quantitative estimate of drug-likeness (QED) is 0.202. The second-order valence-electron chi connectivity index (χ2n) is 9.23. The van der Waals surface area contributed by atoms with Crippen LogP contribution in [0.2, 0.25) is 0 Å². The van der Waals surface area contributed by atoms with E-state index in [-0.39, 0.29) is 24.2 Å². The van der Waals surface area contributed by atoms with Gasteiger partial charge in [-0.1, -0.05) is 41.5 Å². The lowest BCUT2D eigenvalue weighted by Gasteiger charge is -2.27. The minimum absolute atomic E-state index is 0.0166. The third-order valence-electron chi connectivity index (χ3n) is 4.67. The average molecular weight is 458 g/mol. The molecule has 0 aliphatic carbocycles. The summed E-state index contributed by atoms with van der Waals surface area (Å²) in [5.41, 5.74) is 10.9. The first kappa shape index (κ1) is 29.3. The zero-order valence-electron chi connectivity index (χ0n) is 19.8. The summed E-state index contributed by atoms with van der Waals surface area (Å²) in [7, 11) is 0. The number of carboxylic acid groups (broad SMARTS) is 1. The van der Waals surface area contributed by atoms with E-state index in [1.807, 2.05) is 27.7 Å². The molecular weight excluding hydrogens is 418 g/mol. The Kier molecular flexibility index (Phi) is 12.5. The third-order valence-corrected chi connectivity index (χ3v) is 4.67. The maximum absolute atomic E-state index is 12.9. The van der Waals surface area contributed by atoms with Crippen molar-refractivity contribution in [3.63, 3.8) is 0 Å². The van der Waals surface area contributed by atoms with E-state index in [0.717, 1.165) is 0 Å². The molecule has 0 radical (unpaired) electrons. The van der Waals surface area contributed by atoms with E-state index < -0.39 is 60.2 Å². The number of amides is 4. The van der Waals surface area contributed by atoms with E-state index >= 15 is 0 Å². The molecule has 8 N–H and O–H groups in total. The van der Waals surface area contributed by atoms with Gasteiger partial charge < -0.3 is 32.5 Å². The van der Waals surface area contributed by atoms with E-state index in [0.29, 0.717) is 6.42 Å². The smallest absolute Gasteiger partial charge is 0.326 e. The fourth-order valence-corrected chi connectivity index (χ4v) is 3.05. The van der Waals surface area contributed by atoms with Gasteiger partial charge in [0.25, 0.3) is 0 Å². The first-order valence-electron chi connectivity index (χ1n) is 10.8. The number of hydrogen-bond donors (Lipinski definition) is 6. The van der Waals surface area contributed by atoms with E-state index in [9.17, 15) is 29.1 Å². The monoisotopic (exact) mass is 457 g/mol. The zero-order chi connectivity index (χ0) is 25.2. The van der Waals surface area contributed by atoms with Crippen LogP contribution in [-0.2, 0) is 24.0 Å². The minimum atomic E-state index is -1.51. The third kappa shape index (κ3) is 11.1. The second-order valence-corrected chi connectivity index (χ2v) is 9.23. The Labute approximate surface area is 189 Å². The molecule has 0 aliphatic heterocycles. The number of nitrogens with one attached hydrogen (secondary N) is 3. The molecule has 0 fully saturated rings. The predicted octanol–water partition coefficient (Wildman–Crippen LogP) is -0.524. The molecule has 11 heteroatoms. The number of rotatable bonds is 14. The number of carbonyl (C=O) groups excluding carboxylic acids is 4. The maximum Gasteiger partial charge on any atom is 0.326 e. The Balaban J connectivity index is 5.44. The van der Waals surface area contributed by atoms with Crippen molar-refractivity contribution >= 4 is 29.6 Å². The topological polar surface area (TPSA) is 194 Å². The zero-order valence-corrected chi connectivity index (χ0v) is 19.8. The molecule has 184 valence electrons. The molecular formula is C21H39N5O6. The molecule has 0 heterocycles. The fourth-order valence-electron chi connectivity index (χ4n) is 3.05. The van der Waals surface area contributed by atoms with Crippen molar-refractivity contribution in [3.8, 4) is 0 Å². The normalized spacial score (nSPS) is 15.1. The summed E-state index contributed by atoms with van der Waals surface area (Å²) in [5.74, 6) is -4.24. The second kappa shape index (κ2) is 13.7. The van der Waals surface area contributed by atoms with Crippen LogP contribution in [0.25, 0.3) is 0 Å². The number of nitrogens with two attached hydrogens (primary N) is 2. The highest BCUT2D eigenvalue weighted by Gasteiger charge is 2.32. The van der Waals surface area contributed by atoms with Crippen LogP contribution in [0.4, 0.5) is 0 Å². The molecule has 4 unspecified atom stereocenters. The lowest BCUT2D eigenvalue weighted by atomic mass is 9.98. The predicted molar refractivity (Wildman–Crippen MR) is 119 cm³/mol. The van der Waals surface area contributed by atoms with Crippen LogP contribution in [0, 0.1) is 17.8 Å². The molecule has 4 amide bonds. The summed E-state index contributed by atoms with van der Waals surface area (Å²) in [6.45, 7) is 11.0. The fraction of sp³-hybridized carbons (Fsp3) is 0.762. The van der Waals surface area contributed by atoms with Crippen LogP contribution in [0.3, 0.4) is 0 Å². The number of aliphatic carboxylic acids is 1. The lowest BCUT2D eigenvalue weighted by Crippen LogP contribution is -2.58. The van der Waals surface area contributed by atoms with Crippen molar-refractivity contribution in [2.24, 2.45) is 29.2 Å².